The van der Waals surface area contributed by atoms with Crippen molar-refractivity contribution in [1.29, 1.82) is 0 Å². The van der Waals surface area contributed by atoms with E-state index in [2.05, 4.69) is 38.7 Å². The first kappa shape index (κ1) is 16.7. The van der Waals surface area contributed by atoms with Crippen molar-refractivity contribution in [2.24, 2.45) is 10.8 Å². The number of benzene rings is 2. The average Bonchev–Trinajstić information content (AvgIpc) is 2.48. The Hall–Kier alpha value is -1.63. The number of hydrazone groups is 1. The highest BCUT2D eigenvalue weighted by Crippen LogP contribution is 2.22. The molecule has 0 fully saturated rings. The second-order valence-electron chi connectivity index (χ2n) is 4.33. The molecule has 7 heteroatoms. The Kier molecular flexibility index (Phi) is 6.18. The summed E-state index contributed by atoms with van der Waals surface area (Å²) in [6.07, 6.45) is 1.56. The van der Waals surface area contributed by atoms with Gasteiger partial charge in [-0.05, 0) is 48.1 Å². The molecular formula is C15H13BrClN3OS. The Morgan fingerprint density at radius 1 is 1.32 bits per heavy atom. The molecule has 0 amide bonds. The van der Waals surface area contributed by atoms with E-state index in [1.165, 1.54) is 0 Å². The topological polar surface area (TPSA) is 59.6 Å². The first-order valence-corrected chi connectivity index (χ1v) is 7.88. The Morgan fingerprint density at radius 2 is 2.05 bits per heavy atom. The lowest BCUT2D eigenvalue weighted by atomic mass is 10.2. The summed E-state index contributed by atoms with van der Waals surface area (Å²) >= 11 is 14.1. The largest absolute Gasteiger partial charge is 0.488 e. The highest BCUT2D eigenvalue weighted by Gasteiger charge is 2.04. The van der Waals surface area contributed by atoms with Gasteiger partial charge in [0.2, 0.25) is 0 Å². The average molecular weight is 399 g/mol. The number of ether oxygens (including phenoxy) is 1. The predicted octanol–water partition coefficient (Wildman–Crippen LogP) is 3.85. The summed E-state index contributed by atoms with van der Waals surface area (Å²) in [5.74, 6) is 0.667. The van der Waals surface area contributed by atoms with E-state index in [1.807, 2.05) is 24.3 Å². The lowest BCUT2D eigenvalue weighted by Gasteiger charge is -2.09. The molecule has 22 heavy (non-hydrogen) atoms. The monoisotopic (exact) mass is 397 g/mol. The smallest absolute Gasteiger partial charge is 0.184 e. The number of rotatable bonds is 5. The Bertz CT molecular complexity index is 692. The quantitative estimate of drug-likeness (QED) is 0.456. The first-order valence-electron chi connectivity index (χ1n) is 6.30. The molecule has 2 aromatic carbocycles. The molecular weight excluding hydrogens is 386 g/mol. The van der Waals surface area contributed by atoms with Gasteiger partial charge in [0, 0.05) is 15.1 Å². The van der Waals surface area contributed by atoms with E-state index in [0.717, 1.165) is 15.6 Å². The van der Waals surface area contributed by atoms with E-state index in [9.17, 15) is 0 Å². The van der Waals surface area contributed by atoms with Crippen LogP contribution in [0.3, 0.4) is 0 Å². The summed E-state index contributed by atoms with van der Waals surface area (Å²) < 4.78 is 6.85. The molecule has 2 aromatic rings. The van der Waals surface area contributed by atoms with Gasteiger partial charge in [0.15, 0.2) is 5.11 Å². The van der Waals surface area contributed by atoms with Gasteiger partial charge in [-0.15, -0.1) is 0 Å². The third kappa shape index (κ3) is 5.29. The SMILES string of the molecule is NC(=S)NN=Cc1cc(Cl)ccc1OCc1ccc(Br)cc1. The molecule has 0 atom stereocenters. The van der Waals surface area contributed by atoms with Crippen molar-refractivity contribution in [2.45, 2.75) is 6.61 Å². The number of hydrogen-bond donors (Lipinski definition) is 2. The van der Waals surface area contributed by atoms with Crippen LogP contribution in [0.2, 0.25) is 5.02 Å². The van der Waals surface area contributed by atoms with E-state index in [-0.39, 0.29) is 5.11 Å². The van der Waals surface area contributed by atoms with Crippen molar-refractivity contribution in [3.63, 3.8) is 0 Å². The third-order valence-corrected chi connectivity index (χ3v) is 3.51. The second-order valence-corrected chi connectivity index (χ2v) is 6.12. The molecule has 0 aliphatic heterocycles. The van der Waals surface area contributed by atoms with E-state index in [0.29, 0.717) is 17.4 Å². The third-order valence-electron chi connectivity index (χ3n) is 2.66. The number of nitrogens with zero attached hydrogens (tertiary/aromatic N) is 1. The zero-order valence-electron chi connectivity index (χ0n) is 11.4. The molecule has 2 rings (SSSR count). The molecule has 4 nitrogen and oxygen atoms in total. The van der Waals surface area contributed by atoms with Crippen molar-refractivity contribution < 1.29 is 4.74 Å². The van der Waals surface area contributed by atoms with Crippen LogP contribution in [0, 0.1) is 0 Å². The molecule has 0 unspecified atom stereocenters. The second kappa shape index (κ2) is 8.12. The fourth-order valence-electron chi connectivity index (χ4n) is 1.66. The number of thiocarbonyl (C=S) groups is 1. The minimum Gasteiger partial charge on any atom is -0.488 e. The molecule has 0 saturated carbocycles. The molecule has 0 bridgehead atoms. The van der Waals surface area contributed by atoms with Gasteiger partial charge in [0.25, 0.3) is 0 Å². The zero-order chi connectivity index (χ0) is 15.9. The molecule has 0 radical (unpaired) electrons. The molecule has 0 aliphatic carbocycles. The lowest BCUT2D eigenvalue weighted by molar-refractivity contribution is 0.306. The first-order chi connectivity index (χ1) is 10.5. The van der Waals surface area contributed by atoms with Crippen LogP contribution in [0.4, 0.5) is 0 Å². The van der Waals surface area contributed by atoms with Crippen molar-refractivity contribution >= 4 is 51.1 Å². The summed E-state index contributed by atoms with van der Waals surface area (Å²) in [5, 5.41) is 4.61. The van der Waals surface area contributed by atoms with Crippen LogP contribution in [0.5, 0.6) is 5.75 Å². The highest BCUT2D eigenvalue weighted by molar-refractivity contribution is 9.10. The summed E-state index contributed by atoms with van der Waals surface area (Å²) in [5.41, 5.74) is 9.60. The molecule has 114 valence electrons. The fourth-order valence-corrected chi connectivity index (χ4v) is 2.16. The van der Waals surface area contributed by atoms with Gasteiger partial charge in [-0.3, -0.25) is 5.43 Å². The minimum absolute atomic E-state index is 0.0932. The standard InChI is InChI=1S/C15H13BrClN3OS/c16-12-3-1-10(2-4-12)9-21-14-6-5-13(17)7-11(14)8-19-20-15(18)22/h1-8H,9H2,(H3,18,20,22). The van der Waals surface area contributed by atoms with Crippen LogP contribution in [0.1, 0.15) is 11.1 Å². The van der Waals surface area contributed by atoms with Crippen molar-refractivity contribution in [3.8, 4) is 5.75 Å². The molecule has 0 aromatic heterocycles. The molecule has 0 heterocycles. The molecule has 0 spiro atoms. The highest BCUT2D eigenvalue weighted by atomic mass is 79.9. The maximum Gasteiger partial charge on any atom is 0.184 e. The molecule has 0 aliphatic rings. The normalized spacial score (nSPS) is 10.6. The number of nitrogens with one attached hydrogen (secondary N) is 1. The lowest BCUT2D eigenvalue weighted by Crippen LogP contribution is -2.24. The maximum atomic E-state index is 6.00. The Balaban J connectivity index is 2.10. The molecule has 3 N–H and O–H groups in total. The van der Waals surface area contributed by atoms with Crippen molar-refractivity contribution in [2.75, 3.05) is 0 Å². The zero-order valence-corrected chi connectivity index (χ0v) is 14.6. The van der Waals surface area contributed by atoms with Crippen LogP contribution in [0.15, 0.2) is 52.0 Å². The van der Waals surface area contributed by atoms with Gasteiger partial charge in [-0.25, -0.2) is 0 Å². The van der Waals surface area contributed by atoms with Crippen molar-refractivity contribution in [3.05, 3.63) is 63.1 Å². The van der Waals surface area contributed by atoms with E-state index in [1.54, 1.807) is 24.4 Å². The van der Waals surface area contributed by atoms with Crippen LogP contribution >= 0.6 is 39.7 Å². The van der Waals surface area contributed by atoms with E-state index >= 15 is 0 Å². The van der Waals surface area contributed by atoms with Gasteiger partial charge in [0.1, 0.15) is 12.4 Å². The minimum atomic E-state index is 0.0932. The maximum absolute atomic E-state index is 6.00. The van der Waals surface area contributed by atoms with Gasteiger partial charge < -0.3 is 10.5 Å². The van der Waals surface area contributed by atoms with Gasteiger partial charge in [-0.1, -0.05) is 39.7 Å². The molecule has 0 saturated heterocycles. The number of nitrogens with two attached hydrogens (primary N) is 1. The summed E-state index contributed by atoms with van der Waals surface area (Å²) in [6.45, 7) is 0.443. The van der Waals surface area contributed by atoms with Crippen LogP contribution < -0.4 is 15.9 Å². The van der Waals surface area contributed by atoms with E-state index in [4.69, 9.17) is 22.1 Å². The van der Waals surface area contributed by atoms with Gasteiger partial charge >= 0.3 is 0 Å². The van der Waals surface area contributed by atoms with Crippen LogP contribution in [0.25, 0.3) is 0 Å². The van der Waals surface area contributed by atoms with Gasteiger partial charge in [-0.2, -0.15) is 5.10 Å². The number of hydrogen-bond acceptors (Lipinski definition) is 3. The predicted molar refractivity (Wildman–Crippen MR) is 97.4 cm³/mol. The van der Waals surface area contributed by atoms with Gasteiger partial charge in [0.05, 0.1) is 6.21 Å². The van der Waals surface area contributed by atoms with Crippen LogP contribution in [-0.2, 0) is 6.61 Å². The summed E-state index contributed by atoms with van der Waals surface area (Å²) in [6, 6.07) is 13.2. The van der Waals surface area contributed by atoms with Crippen LogP contribution in [-0.4, -0.2) is 11.3 Å². The Labute approximate surface area is 147 Å². The number of halogens is 2. The Morgan fingerprint density at radius 3 is 2.73 bits per heavy atom. The fraction of sp³-hybridized carbons (Fsp3) is 0.0667. The summed E-state index contributed by atoms with van der Waals surface area (Å²) in [7, 11) is 0. The summed E-state index contributed by atoms with van der Waals surface area (Å²) in [4.78, 5) is 0. The van der Waals surface area contributed by atoms with Crippen molar-refractivity contribution in [1.82, 2.24) is 5.43 Å². The van der Waals surface area contributed by atoms with E-state index < -0.39 is 0 Å².